The molecule has 0 spiro atoms. The molecule has 1 aliphatic rings. The van der Waals surface area contributed by atoms with Crippen molar-refractivity contribution in [2.75, 3.05) is 20.1 Å². The summed E-state index contributed by atoms with van der Waals surface area (Å²) >= 11 is 0. The van der Waals surface area contributed by atoms with E-state index in [9.17, 15) is 9.90 Å². The van der Waals surface area contributed by atoms with Crippen LogP contribution in [0, 0.1) is 0 Å². The quantitative estimate of drug-likeness (QED) is 0.864. The fourth-order valence-corrected chi connectivity index (χ4v) is 3.63. The highest BCUT2D eigenvalue weighted by molar-refractivity contribution is 5.78. The van der Waals surface area contributed by atoms with E-state index < -0.39 is 6.10 Å². The van der Waals surface area contributed by atoms with Crippen LogP contribution in [0.4, 0.5) is 0 Å². The highest BCUT2D eigenvalue weighted by Gasteiger charge is 2.33. The van der Waals surface area contributed by atoms with Crippen LogP contribution in [0.3, 0.4) is 0 Å². The largest absolute Gasteiger partial charge is 0.391 e. The Morgan fingerprint density at radius 3 is 2.65 bits per heavy atom. The minimum absolute atomic E-state index is 0.0845. The molecule has 0 bridgehead atoms. The van der Waals surface area contributed by atoms with Crippen LogP contribution >= 0.6 is 0 Å². The van der Waals surface area contributed by atoms with Gasteiger partial charge in [0, 0.05) is 25.5 Å². The standard InChI is InChI=1S/C21H27N3O2/c1-23(15-18-9-11-22-12-10-18)16-21(26)24-13-5-8-20(25)19(24)14-17-6-3-2-4-7-17/h2-4,6-7,9-12,19-20,25H,5,8,13-16H2,1H3/t19-,20-/m0/s1. The summed E-state index contributed by atoms with van der Waals surface area (Å²) in [6, 6.07) is 13.9. The van der Waals surface area contributed by atoms with Gasteiger partial charge in [-0.1, -0.05) is 30.3 Å². The average molecular weight is 353 g/mol. The number of hydrogen-bond acceptors (Lipinski definition) is 4. The van der Waals surface area contributed by atoms with Crippen LogP contribution in [0.1, 0.15) is 24.0 Å². The molecule has 1 aromatic carbocycles. The van der Waals surface area contributed by atoms with Crippen molar-refractivity contribution >= 4 is 5.91 Å². The molecule has 3 rings (SSSR count). The number of piperidine rings is 1. The fraction of sp³-hybridized carbons (Fsp3) is 0.429. The number of likely N-dealkylation sites (N-methyl/N-ethyl adjacent to an activating group) is 1. The molecule has 26 heavy (non-hydrogen) atoms. The summed E-state index contributed by atoms with van der Waals surface area (Å²) in [5.41, 5.74) is 2.29. The summed E-state index contributed by atoms with van der Waals surface area (Å²) < 4.78 is 0. The molecule has 0 unspecified atom stereocenters. The SMILES string of the molecule is CN(CC(=O)N1CCC[C@H](O)[C@@H]1Cc1ccccc1)Cc1ccncc1. The fourth-order valence-electron chi connectivity index (χ4n) is 3.63. The van der Waals surface area contributed by atoms with Gasteiger partial charge in [-0.3, -0.25) is 14.7 Å². The number of carbonyl (C=O) groups is 1. The van der Waals surface area contributed by atoms with Gasteiger partial charge in [-0.15, -0.1) is 0 Å². The maximum atomic E-state index is 12.9. The topological polar surface area (TPSA) is 56.7 Å². The lowest BCUT2D eigenvalue weighted by Gasteiger charge is -2.40. The zero-order chi connectivity index (χ0) is 18.4. The van der Waals surface area contributed by atoms with Gasteiger partial charge in [-0.2, -0.15) is 0 Å². The molecule has 1 aliphatic heterocycles. The van der Waals surface area contributed by atoms with Crippen LogP contribution in [-0.4, -0.2) is 58.1 Å². The molecular formula is C21H27N3O2. The number of carbonyl (C=O) groups excluding carboxylic acids is 1. The predicted molar refractivity (Wildman–Crippen MR) is 101 cm³/mol. The van der Waals surface area contributed by atoms with E-state index in [1.807, 2.05) is 47.2 Å². The molecule has 1 fully saturated rings. The van der Waals surface area contributed by atoms with Crippen molar-refractivity contribution in [3.8, 4) is 0 Å². The summed E-state index contributed by atoms with van der Waals surface area (Å²) in [6.07, 6.45) is 5.38. The molecular weight excluding hydrogens is 326 g/mol. The summed E-state index contributed by atoms with van der Waals surface area (Å²) in [4.78, 5) is 20.8. The highest BCUT2D eigenvalue weighted by atomic mass is 16.3. The van der Waals surface area contributed by atoms with Crippen LogP contribution in [-0.2, 0) is 17.8 Å². The van der Waals surface area contributed by atoms with E-state index in [-0.39, 0.29) is 11.9 Å². The number of rotatable bonds is 6. The van der Waals surface area contributed by atoms with Gasteiger partial charge in [0.2, 0.25) is 5.91 Å². The second-order valence-corrected chi connectivity index (χ2v) is 7.08. The van der Waals surface area contributed by atoms with Gasteiger partial charge in [0.15, 0.2) is 0 Å². The molecule has 0 saturated carbocycles. The minimum atomic E-state index is -0.460. The molecule has 5 heteroatoms. The van der Waals surface area contributed by atoms with Crippen molar-refractivity contribution < 1.29 is 9.90 Å². The number of amides is 1. The van der Waals surface area contributed by atoms with Gasteiger partial charge < -0.3 is 10.0 Å². The lowest BCUT2D eigenvalue weighted by Crippen LogP contribution is -2.54. The van der Waals surface area contributed by atoms with Gasteiger partial charge in [-0.05, 0) is 49.6 Å². The Kier molecular flexibility index (Phi) is 6.36. The first-order valence-corrected chi connectivity index (χ1v) is 9.22. The number of pyridine rings is 1. The minimum Gasteiger partial charge on any atom is -0.391 e. The molecule has 2 heterocycles. The van der Waals surface area contributed by atoms with E-state index in [2.05, 4.69) is 17.1 Å². The van der Waals surface area contributed by atoms with Crippen LogP contribution in [0.15, 0.2) is 54.9 Å². The van der Waals surface area contributed by atoms with E-state index in [1.54, 1.807) is 12.4 Å². The average Bonchev–Trinajstić information content (AvgIpc) is 2.65. The monoisotopic (exact) mass is 353 g/mol. The number of nitrogens with zero attached hydrogens (tertiary/aromatic N) is 3. The third-order valence-corrected chi connectivity index (χ3v) is 4.96. The molecule has 2 atom stereocenters. The van der Waals surface area contributed by atoms with Gasteiger partial charge in [0.1, 0.15) is 0 Å². The normalized spacial score (nSPS) is 20.3. The number of aliphatic hydroxyl groups is 1. The van der Waals surface area contributed by atoms with Crippen LogP contribution in [0.25, 0.3) is 0 Å². The Bertz CT molecular complexity index is 693. The molecule has 2 aromatic rings. The Morgan fingerprint density at radius 1 is 1.19 bits per heavy atom. The van der Waals surface area contributed by atoms with Gasteiger partial charge in [-0.25, -0.2) is 0 Å². The zero-order valence-electron chi connectivity index (χ0n) is 15.3. The molecule has 0 radical (unpaired) electrons. The van der Waals surface area contributed by atoms with Crippen molar-refractivity contribution in [1.82, 2.24) is 14.8 Å². The Hall–Kier alpha value is -2.24. The molecule has 1 N–H and O–H groups in total. The number of aliphatic hydroxyl groups excluding tert-OH is 1. The Labute approximate surface area is 155 Å². The third-order valence-electron chi connectivity index (χ3n) is 4.96. The van der Waals surface area contributed by atoms with Crippen molar-refractivity contribution in [1.29, 1.82) is 0 Å². The summed E-state index contributed by atoms with van der Waals surface area (Å²) in [5.74, 6) is 0.0845. The second kappa shape index (κ2) is 8.92. The molecule has 5 nitrogen and oxygen atoms in total. The first-order valence-electron chi connectivity index (χ1n) is 9.22. The van der Waals surface area contributed by atoms with Crippen LogP contribution in [0.5, 0.6) is 0 Å². The maximum Gasteiger partial charge on any atom is 0.237 e. The van der Waals surface area contributed by atoms with Crippen molar-refractivity contribution in [2.45, 2.75) is 38.0 Å². The van der Waals surface area contributed by atoms with Crippen molar-refractivity contribution in [3.05, 3.63) is 66.0 Å². The van der Waals surface area contributed by atoms with Crippen molar-refractivity contribution in [2.24, 2.45) is 0 Å². The molecule has 138 valence electrons. The lowest BCUT2D eigenvalue weighted by atomic mass is 9.93. The lowest BCUT2D eigenvalue weighted by molar-refractivity contribution is -0.139. The number of likely N-dealkylation sites (tertiary alicyclic amines) is 1. The third kappa shape index (κ3) is 4.90. The Balaban J connectivity index is 1.63. The van der Waals surface area contributed by atoms with Gasteiger partial charge in [0.05, 0.1) is 18.7 Å². The molecule has 0 aliphatic carbocycles. The van der Waals surface area contributed by atoms with E-state index in [4.69, 9.17) is 0 Å². The van der Waals surface area contributed by atoms with E-state index >= 15 is 0 Å². The molecule has 1 saturated heterocycles. The van der Waals surface area contributed by atoms with Crippen LogP contribution in [0.2, 0.25) is 0 Å². The second-order valence-electron chi connectivity index (χ2n) is 7.08. The highest BCUT2D eigenvalue weighted by Crippen LogP contribution is 2.22. The Morgan fingerprint density at radius 2 is 1.92 bits per heavy atom. The van der Waals surface area contributed by atoms with Gasteiger partial charge >= 0.3 is 0 Å². The molecule has 1 amide bonds. The summed E-state index contributed by atoms with van der Waals surface area (Å²) in [5, 5.41) is 10.5. The maximum absolute atomic E-state index is 12.9. The number of aromatic nitrogens is 1. The first kappa shape index (κ1) is 18.5. The van der Waals surface area contributed by atoms with Crippen molar-refractivity contribution in [3.63, 3.8) is 0 Å². The summed E-state index contributed by atoms with van der Waals surface area (Å²) in [6.45, 7) is 1.77. The summed E-state index contributed by atoms with van der Waals surface area (Å²) in [7, 11) is 1.95. The van der Waals surface area contributed by atoms with E-state index in [0.29, 0.717) is 19.5 Å². The first-order chi connectivity index (χ1) is 12.6. The number of hydrogen-bond donors (Lipinski definition) is 1. The molecule has 1 aromatic heterocycles. The van der Waals surface area contributed by atoms with E-state index in [1.165, 1.54) is 0 Å². The van der Waals surface area contributed by atoms with Gasteiger partial charge in [0.25, 0.3) is 0 Å². The van der Waals surface area contributed by atoms with E-state index in [0.717, 1.165) is 30.5 Å². The zero-order valence-corrected chi connectivity index (χ0v) is 15.3. The smallest absolute Gasteiger partial charge is 0.237 e. The predicted octanol–water partition coefficient (Wildman–Crippen LogP) is 2.11. The number of benzene rings is 1. The van der Waals surface area contributed by atoms with Crippen LogP contribution < -0.4 is 0 Å².